The molecule has 0 rings (SSSR count). The van der Waals surface area contributed by atoms with E-state index in [1.165, 1.54) is 57.8 Å². The maximum Gasteiger partial charge on any atom is 0.329 e. The third kappa shape index (κ3) is 54.4. The summed E-state index contributed by atoms with van der Waals surface area (Å²) in [6.45, 7) is 14.7. The Kier molecular flexibility index (Phi) is 52.1. The molecule has 18 nitrogen and oxygen atoms in total. The second-order valence-electron chi connectivity index (χ2n) is 13.4. The fourth-order valence-corrected chi connectivity index (χ4v) is 4.98. The van der Waals surface area contributed by atoms with Crippen molar-refractivity contribution in [1.82, 2.24) is 5.32 Å². The number of rotatable bonds is 54. The number of carboxylic acids is 1. The van der Waals surface area contributed by atoms with Gasteiger partial charge in [0.2, 0.25) is 5.91 Å². The van der Waals surface area contributed by atoms with E-state index in [0.717, 1.165) is 13.0 Å². The highest BCUT2D eigenvalue weighted by Gasteiger charge is 2.03. The lowest BCUT2D eigenvalue weighted by Crippen LogP contribution is -2.31. The molecule has 0 unspecified atom stereocenters. The lowest BCUT2D eigenvalue weighted by molar-refractivity contribution is -0.143. The van der Waals surface area contributed by atoms with Crippen molar-refractivity contribution in [2.45, 2.75) is 71.1 Å². The minimum Gasteiger partial charge on any atom is -0.480 e. The number of carboxylic acid groups (broad SMARTS) is 1. The van der Waals surface area contributed by atoms with Crippen LogP contribution in [-0.4, -0.2) is 209 Å². The van der Waals surface area contributed by atoms with Crippen LogP contribution in [0.3, 0.4) is 0 Å². The fourth-order valence-electron chi connectivity index (χ4n) is 4.98. The van der Waals surface area contributed by atoms with Gasteiger partial charge >= 0.3 is 5.97 Å². The van der Waals surface area contributed by atoms with E-state index in [2.05, 4.69) is 17.0 Å². The molecule has 0 radical (unpaired) electrons. The van der Waals surface area contributed by atoms with Gasteiger partial charge in [0.25, 0.3) is 0 Å². The highest BCUT2D eigenvalue weighted by Crippen LogP contribution is 2.10. The topological polar surface area (TPSA) is 196 Å². The van der Waals surface area contributed by atoms with Crippen LogP contribution in [0, 0.1) is 0 Å². The molecule has 1 amide bonds. The second kappa shape index (κ2) is 53.5. The molecular formula is C42H83NO17. The molecule has 60 heavy (non-hydrogen) atoms. The van der Waals surface area contributed by atoms with Gasteiger partial charge in [-0.15, -0.1) is 0 Å². The Labute approximate surface area is 360 Å². The first-order chi connectivity index (χ1) is 29.7. The average Bonchev–Trinajstić information content (AvgIpc) is 3.24. The van der Waals surface area contributed by atoms with Crippen molar-refractivity contribution in [3.05, 3.63) is 0 Å². The molecule has 0 aliphatic rings. The molecule has 0 heterocycles. The van der Waals surface area contributed by atoms with Crippen LogP contribution in [0.5, 0.6) is 0 Å². The standard InChI is InChI=1S/C42H83NO17/c1-2-3-4-5-6-7-8-9-10-11-13-47-15-17-49-19-21-51-23-25-53-27-29-55-31-33-57-35-37-59-38-36-58-34-32-56-30-28-54-26-24-52-22-20-50-18-16-48-14-12-43-41(44)39-60-40-42(45)46/h2-40H2,1H3,(H,43,44)(H,45,46). The van der Waals surface area contributed by atoms with E-state index in [0.29, 0.717) is 172 Å². The first-order valence-electron chi connectivity index (χ1n) is 22.2. The number of ether oxygens (including phenoxy) is 14. The third-order valence-electron chi connectivity index (χ3n) is 8.13. The predicted octanol–water partition coefficient (Wildman–Crippen LogP) is 3.34. The van der Waals surface area contributed by atoms with Crippen molar-refractivity contribution in [3.8, 4) is 0 Å². The van der Waals surface area contributed by atoms with Crippen LogP contribution in [0.2, 0.25) is 0 Å². The van der Waals surface area contributed by atoms with E-state index in [1.54, 1.807) is 0 Å². The molecule has 0 fully saturated rings. The van der Waals surface area contributed by atoms with Crippen LogP contribution < -0.4 is 5.32 Å². The molecule has 2 N–H and O–H groups in total. The van der Waals surface area contributed by atoms with Gasteiger partial charge in [0.05, 0.1) is 165 Å². The summed E-state index contributed by atoms with van der Waals surface area (Å²) in [5.74, 6) is -1.52. The highest BCUT2D eigenvalue weighted by atomic mass is 16.6. The van der Waals surface area contributed by atoms with E-state index in [-0.39, 0.29) is 6.61 Å². The molecule has 0 aromatic carbocycles. The van der Waals surface area contributed by atoms with E-state index in [1.807, 2.05) is 0 Å². The number of aliphatic carboxylic acids is 1. The molecule has 0 atom stereocenters. The van der Waals surface area contributed by atoms with Crippen molar-refractivity contribution in [1.29, 1.82) is 0 Å². The van der Waals surface area contributed by atoms with Gasteiger partial charge in [0.1, 0.15) is 13.2 Å². The largest absolute Gasteiger partial charge is 0.480 e. The van der Waals surface area contributed by atoms with Gasteiger partial charge < -0.3 is 76.7 Å². The summed E-state index contributed by atoms with van der Waals surface area (Å²) in [5.41, 5.74) is 0. The Morgan fingerprint density at radius 2 is 0.567 bits per heavy atom. The molecule has 0 spiro atoms. The summed E-state index contributed by atoms with van der Waals surface area (Å²) in [7, 11) is 0. The van der Waals surface area contributed by atoms with Gasteiger partial charge in [-0.2, -0.15) is 0 Å². The Balaban J connectivity index is 3.09. The molecule has 0 aromatic heterocycles. The summed E-state index contributed by atoms with van der Waals surface area (Å²) >= 11 is 0. The second-order valence-corrected chi connectivity index (χ2v) is 13.4. The van der Waals surface area contributed by atoms with Crippen LogP contribution in [0.25, 0.3) is 0 Å². The molecule has 0 saturated carbocycles. The number of carbonyl (C=O) groups excluding carboxylic acids is 1. The van der Waals surface area contributed by atoms with E-state index < -0.39 is 18.5 Å². The van der Waals surface area contributed by atoms with Crippen molar-refractivity contribution < 1.29 is 81.0 Å². The molecule has 0 bridgehead atoms. The Hall–Kier alpha value is -1.62. The molecule has 0 saturated heterocycles. The smallest absolute Gasteiger partial charge is 0.329 e. The SMILES string of the molecule is CCCCCCCCCCCCOCCOCCOCCOCCOCCOCCOCCOCCOCCOCCOCCOCCOCCNC(=O)COCC(=O)O. The number of hydrogen-bond donors (Lipinski definition) is 2. The van der Waals surface area contributed by atoms with Gasteiger partial charge in [-0.05, 0) is 6.42 Å². The molecule has 0 aromatic rings. The number of nitrogens with one attached hydrogen (secondary N) is 1. The normalized spacial score (nSPS) is 11.5. The number of amides is 1. The van der Waals surface area contributed by atoms with Gasteiger partial charge in [0.15, 0.2) is 0 Å². The summed E-state index contributed by atoms with van der Waals surface area (Å²) < 4.78 is 76.1. The van der Waals surface area contributed by atoms with Crippen LogP contribution >= 0.6 is 0 Å². The minimum absolute atomic E-state index is 0.299. The quantitative estimate of drug-likeness (QED) is 0.0844. The fraction of sp³-hybridized carbons (Fsp3) is 0.952. The van der Waals surface area contributed by atoms with E-state index in [9.17, 15) is 9.59 Å². The molecule has 18 heteroatoms. The molecule has 358 valence electrons. The first-order valence-corrected chi connectivity index (χ1v) is 22.2. The number of unbranched alkanes of at least 4 members (excludes halogenated alkanes) is 9. The molecule has 0 aliphatic carbocycles. The van der Waals surface area contributed by atoms with Crippen molar-refractivity contribution in [2.24, 2.45) is 0 Å². The van der Waals surface area contributed by atoms with Gasteiger partial charge in [-0.1, -0.05) is 64.7 Å². The number of hydrogen-bond acceptors (Lipinski definition) is 16. The van der Waals surface area contributed by atoms with Gasteiger partial charge in [0, 0.05) is 13.2 Å². The zero-order valence-corrected chi connectivity index (χ0v) is 37.1. The zero-order chi connectivity index (χ0) is 43.3. The zero-order valence-electron chi connectivity index (χ0n) is 37.1. The Morgan fingerprint density at radius 3 is 0.850 bits per heavy atom. The summed E-state index contributed by atoms with van der Waals surface area (Å²) in [6.07, 6.45) is 13.3. The third-order valence-corrected chi connectivity index (χ3v) is 8.13. The molecule has 0 aliphatic heterocycles. The summed E-state index contributed by atoms with van der Waals surface area (Å²) in [4.78, 5) is 21.7. The minimum atomic E-state index is -1.12. The lowest BCUT2D eigenvalue weighted by Gasteiger charge is -2.09. The van der Waals surface area contributed by atoms with Gasteiger partial charge in [-0.3, -0.25) is 4.79 Å². The Bertz CT molecular complexity index is 848. The molecular weight excluding hydrogens is 790 g/mol. The summed E-state index contributed by atoms with van der Waals surface area (Å²) in [6, 6.07) is 0. The van der Waals surface area contributed by atoms with Crippen LogP contribution in [0.15, 0.2) is 0 Å². The predicted molar refractivity (Wildman–Crippen MR) is 224 cm³/mol. The summed E-state index contributed by atoms with van der Waals surface area (Å²) in [5, 5.41) is 11.0. The van der Waals surface area contributed by atoms with Crippen LogP contribution in [0.4, 0.5) is 0 Å². The monoisotopic (exact) mass is 874 g/mol. The maximum atomic E-state index is 11.4. The number of carbonyl (C=O) groups is 2. The lowest BCUT2D eigenvalue weighted by atomic mass is 10.1. The van der Waals surface area contributed by atoms with Crippen LogP contribution in [-0.2, 0) is 75.9 Å². The van der Waals surface area contributed by atoms with Crippen molar-refractivity contribution >= 4 is 11.9 Å². The first kappa shape index (κ1) is 58.4. The van der Waals surface area contributed by atoms with Gasteiger partial charge in [-0.25, -0.2) is 4.79 Å². The van der Waals surface area contributed by atoms with Crippen molar-refractivity contribution in [3.63, 3.8) is 0 Å². The van der Waals surface area contributed by atoms with E-state index >= 15 is 0 Å². The van der Waals surface area contributed by atoms with Crippen molar-refractivity contribution in [2.75, 3.05) is 192 Å². The van der Waals surface area contributed by atoms with Crippen LogP contribution in [0.1, 0.15) is 71.1 Å². The average molecular weight is 874 g/mol. The highest BCUT2D eigenvalue weighted by molar-refractivity contribution is 5.77. The Morgan fingerprint density at radius 1 is 0.317 bits per heavy atom. The maximum absolute atomic E-state index is 11.4. The van der Waals surface area contributed by atoms with E-state index in [4.69, 9.17) is 66.7 Å².